The maximum atomic E-state index is 12.9. The van der Waals surface area contributed by atoms with Crippen LogP contribution in [0.2, 0.25) is 5.02 Å². The van der Waals surface area contributed by atoms with Gasteiger partial charge in [-0.1, -0.05) is 36.7 Å². The van der Waals surface area contributed by atoms with E-state index >= 15 is 0 Å². The highest BCUT2D eigenvalue weighted by atomic mass is 35.5. The summed E-state index contributed by atoms with van der Waals surface area (Å²) in [5.74, 6) is -0.406. The summed E-state index contributed by atoms with van der Waals surface area (Å²) >= 11 is 6.35. The van der Waals surface area contributed by atoms with Gasteiger partial charge in [-0.2, -0.15) is 5.10 Å². The van der Waals surface area contributed by atoms with Crippen molar-refractivity contribution in [3.63, 3.8) is 0 Å². The minimum atomic E-state index is -0.487. The van der Waals surface area contributed by atoms with E-state index in [0.29, 0.717) is 28.5 Å². The highest BCUT2D eigenvalue weighted by Gasteiger charge is 2.21. The van der Waals surface area contributed by atoms with Crippen LogP contribution in [0.4, 0.5) is 17.2 Å². The first kappa shape index (κ1) is 21.3. The number of aromatic nitrogens is 3. The molecule has 8 nitrogen and oxygen atoms in total. The molecule has 0 radical (unpaired) electrons. The Balaban J connectivity index is 1.99. The predicted molar refractivity (Wildman–Crippen MR) is 118 cm³/mol. The number of para-hydroxylation sites is 1. The predicted octanol–water partition coefficient (Wildman–Crippen LogP) is 3.69. The Morgan fingerprint density at radius 1 is 1.17 bits per heavy atom. The third kappa shape index (κ3) is 4.28. The molecule has 1 aromatic carbocycles. The molecule has 0 bridgehead atoms. The number of aryl methyl sites for hydroxylation is 2. The van der Waals surface area contributed by atoms with E-state index < -0.39 is 5.91 Å². The van der Waals surface area contributed by atoms with Crippen LogP contribution in [0.3, 0.4) is 0 Å². The number of pyridine rings is 1. The average molecular weight is 427 g/mol. The Hall–Kier alpha value is -3.39. The Labute approximate surface area is 179 Å². The molecule has 30 heavy (non-hydrogen) atoms. The molecule has 0 aliphatic carbocycles. The molecule has 0 saturated heterocycles. The molecule has 2 amide bonds. The van der Waals surface area contributed by atoms with Crippen molar-refractivity contribution in [2.75, 3.05) is 17.7 Å². The summed E-state index contributed by atoms with van der Waals surface area (Å²) in [6.45, 7) is 3.89. The molecule has 9 heteroatoms. The summed E-state index contributed by atoms with van der Waals surface area (Å²) in [6.07, 6.45) is 2.08. The molecule has 3 rings (SSSR count). The number of halogens is 1. The van der Waals surface area contributed by atoms with Gasteiger partial charge in [0.1, 0.15) is 0 Å². The lowest BCUT2D eigenvalue weighted by Gasteiger charge is -2.14. The maximum Gasteiger partial charge on any atom is 0.277 e. The van der Waals surface area contributed by atoms with Crippen LogP contribution >= 0.6 is 11.6 Å². The number of amides is 2. The standard InChI is InChI=1S/C21H23ClN6O2/c1-5-16-17(22)18(27-28(16)4)21(30)26-15-10-13(20(29)23-3)11-24-19(15)25-14-9-7-6-8-12(14)2/h6-11H,5H2,1-4H3,(H,23,29)(H,24,25)(H,26,30). The average Bonchev–Trinajstić information content (AvgIpc) is 3.03. The molecular formula is C21H23ClN6O2. The number of nitrogens with zero attached hydrogens (tertiary/aromatic N) is 3. The van der Waals surface area contributed by atoms with Crippen LogP contribution in [0, 0.1) is 6.92 Å². The van der Waals surface area contributed by atoms with Crippen LogP contribution in [0.1, 0.15) is 39.0 Å². The van der Waals surface area contributed by atoms with Gasteiger partial charge in [0.25, 0.3) is 11.8 Å². The van der Waals surface area contributed by atoms with Crippen molar-refractivity contribution in [2.24, 2.45) is 7.05 Å². The van der Waals surface area contributed by atoms with Gasteiger partial charge in [0.05, 0.1) is 22.0 Å². The zero-order valence-corrected chi connectivity index (χ0v) is 18.0. The van der Waals surface area contributed by atoms with E-state index in [4.69, 9.17) is 11.6 Å². The molecule has 0 aliphatic rings. The number of carbonyl (C=O) groups is 2. The first-order chi connectivity index (χ1) is 14.3. The molecule has 2 heterocycles. The van der Waals surface area contributed by atoms with Crippen molar-refractivity contribution in [2.45, 2.75) is 20.3 Å². The van der Waals surface area contributed by atoms with E-state index in [0.717, 1.165) is 16.9 Å². The van der Waals surface area contributed by atoms with Crippen LogP contribution in [0.25, 0.3) is 0 Å². The van der Waals surface area contributed by atoms with Gasteiger partial charge in [0.15, 0.2) is 11.5 Å². The van der Waals surface area contributed by atoms with Crippen molar-refractivity contribution in [1.29, 1.82) is 0 Å². The Kier molecular flexibility index (Phi) is 6.37. The Morgan fingerprint density at radius 3 is 2.53 bits per heavy atom. The van der Waals surface area contributed by atoms with Gasteiger partial charge < -0.3 is 16.0 Å². The minimum absolute atomic E-state index is 0.114. The fourth-order valence-electron chi connectivity index (χ4n) is 3.01. The normalized spacial score (nSPS) is 10.6. The van der Waals surface area contributed by atoms with Gasteiger partial charge in [-0.15, -0.1) is 0 Å². The van der Waals surface area contributed by atoms with Crippen LogP contribution in [-0.4, -0.2) is 33.6 Å². The quantitative estimate of drug-likeness (QED) is 0.558. The van der Waals surface area contributed by atoms with Gasteiger partial charge in [0, 0.05) is 26.0 Å². The zero-order valence-electron chi connectivity index (χ0n) is 17.2. The lowest BCUT2D eigenvalue weighted by molar-refractivity contribution is 0.0961. The summed E-state index contributed by atoms with van der Waals surface area (Å²) < 4.78 is 1.59. The Bertz CT molecular complexity index is 1110. The number of hydrogen-bond acceptors (Lipinski definition) is 5. The molecule has 0 saturated carbocycles. The number of hydrogen-bond donors (Lipinski definition) is 3. The van der Waals surface area contributed by atoms with E-state index in [1.807, 2.05) is 38.1 Å². The minimum Gasteiger partial charge on any atom is -0.355 e. The molecule has 3 aromatic rings. The third-order valence-corrected chi connectivity index (χ3v) is 5.07. The molecule has 0 unspecified atom stereocenters. The second-order valence-corrected chi connectivity index (χ2v) is 7.06. The summed E-state index contributed by atoms with van der Waals surface area (Å²) in [7, 11) is 3.26. The smallest absolute Gasteiger partial charge is 0.277 e. The first-order valence-corrected chi connectivity index (χ1v) is 9.81. The highest BCUT2D eigenvalue weighted by Crippen LogP contribution is 2.28. The summed E-state index contributed by atoms with van der Waals surface area (Å²) in [5, 5.41) is 13.1. The molecule has 156 valence electrons. The first-order valence-electron chi connectivity index (χ1n) is 9.43. The van der Waals surface area contributed by atoms with E-state index in [9.17, 15) is 9.59 Å². The molecule has 2 aromatic heterocycles. The molecule has 0 aliphatic heterocycles. The topological polar surface area (TPSA) is 101 Å². The molecule has 3 N–H and O–H groups in total. The van der Waals surface area contributed by atoms with Gasteiger partial charge in [-0.3, -0.25) is 14.3 Å². The molecule has 0 spiro atoms. The monoisotopic (exact) mass is 426 g/mol. The fourth-order valence-corrected chi connectivity index (χ4v) is 3.39. The number of rotatable bonds is 6. The largest absolute Gasteiger partial charge is 0.355 e. The molecular weight excluding hydrogens is 404 g/mol. The second-order valence-electron chi connectivity index (χ2n) is 6.68. The zero-order chi connectivity index (χ0) is 21.8. The van der Waals surface area contributed by atoms with Crippen molar-refractivity contribution in [3.8, 4) is 0 Å². The van der Waals surface area contributed by atoms with E-state index in [1.54, 1.807) is 17.8 Å². The lowest BCUT2D eigenvalue weighted by atomic mass is 10.2. The van der Waals surface area contributed by atoms with Gasteiger partial charge in [-0.05, 0) is 31.0 Å². The third-order valence-electron chi connectivity index (χ3n) is 4.68. The van der Waals surface area contributed by atoms with Gasteiger partial charge in [0.2, 0.25) is 0 Å². The highest BCUT2D eigenvalue weighted by molar-refractivity contribution is 6.34. The van der Waals surface area contributed by atoms with Crippen LogP contribution in [0.15, 0.2) is 36.5 Å². The number of carbonyl (C=O) groups excluding carboxylic acids is 2. The fraction of sp³-hybridized carbons (Fsp3) is 0.238. The second kappa shape index (κ2) is 8.96. The van der Waals surface area contributed by atoms with Crippen molar-refractivity contribution in [3.05, 3.63) is 64.1 Å². The van der Waals surface area contributed by atoms with Crippen LogP contribution in [-0.2, 0) is 13.5 Å². The number of benzene rings is 1. The van der Waals surface area contributed by atoms with Crippen LogP contribution < -0.4 is 16.0 Å². The van der Waals surface area contributed by atoms with Crippen molar-refractivity contribution < 1.29 is 9.59 Å². The van der Waals surface area contributed by atoms with Crippen LogP contribution in [0.5, 0.6) is 0 Å². The van der Waals surface area contributed by atoms with Crippen molar-refractivity contribution >= 4 is 40.6 Å². The Morgan fingerprint density at radius 2 is 1.90 bits per heavy atom. The van der Waals surface area contributed by atoms with E-state index in [-0.39, 0.29) is 11.6 Å². The van der Waals surface area contributed by atoms with E-state index in [2.05, 4.69) is 26.0 Å². The van der Waals surface area contributed by atoms with E-state index in [1.165, 1.54) is 13.2 Å². The summed E-state index contributed by atoms with van der Waals surface area (Å²) in [6, 6.07) is 9.24. The molecule has 0 fully saturated rings. The maximum absolute atomic E-state index is 12.9. The summed E-state index contributed by atoms with van der Waals surface area (Å²) in [5.41, 5.74) is 3.36. The SMILES string of the molecule is CCc1c(Cl)c(C(=O)Nc2cc(C(=O)NC)cnc2Nc2ccccc2C)nn1C. The lowest BCUT2D eigenvalue weighted by Crippen LogP contribution is -2.20. The number of anilines is 3. The van der Waals surface area contributed by atoms with Gasteiger partial charge in [-0.25, -0.2) is 4.98 Å². The van der Waals surface area contributed by atoms with Crippen molar-refractivity contribution in [1.82, 2.24) is 20.1 Å². The van der Waals surface area contributed by atoms with Gasteiger partial charge >= 0.3 is 0 Å². The number of nitrogens with one attached hydrogen (secondary N) is 3. The molecule has 0 atom stereocenters. The summed E-state index contributed by atoms with van der Waals surface area (Å²) in [4.78, 5) is 29.3.